The average Bonchev–Trinajstić information content (AvgIpc) is 3.05. The zero-order valence-electron chi connectivity index (χ0n) is 25.8. The maximum absolute atomic E-state index is 14.0. The van der Waals surface area contributed by atoms with E-state index in [0.717, 1.165) is 22.3 Å². The lowest BCUT2D eigenvalue weighted by Crippen LogP contribution is -2.26. The number of benzene rings is 4. The molecule has 7 heteroatoms. The predicted octanol–water partition coefficient (Wildman–Crippen LogP) is 10.0. The lowest BCUT2D eigenvalue weighted by atomic mass is 9.86. The van der Waals surface area contributed by atoms with Crippen LogP contribution in [-0.4, -0.2) is 19.4 Å². The topological polar surface area (TPSA) is 52.6 Å². The van der Waals surface area contributed by atoms with Crippen LogP contribution in [0.4, 0.5) is 0 Å². The van der Waals surface area contributed by atoms with Crippen molar-refractivity contribution in [3.8, 4) is 33.8 Å². The molecule has 0 aliphatic carbocycles. The van der Waals surface area contributed by atoms with Gasteiger partial charge in [-0.1, -0.05) is 128 Å². The summed E-state index contributed by atoms with van der Waals surface area (Å²) in [4.78, 5) is 0. The molecule has 0 saturated carbocycles. The van der Waals surface area contributed by atoms with Crippen LogP contribution in [0.25, 0.3) is 22.3 Å². The Kier molecular flexibility index (Phi) is 13.7. The van der Waals surface area contributed by atoms with Crippen LogP contribution in [0, 0.1) is 0 Å². The smallest absolute Gasteiger partial charge is 0.270 e. The summed E-state index contributed by atoms with van der Waals surface area (Å²) in [5.74, 6) is 1.24. The van der Waals surface area contributed by atoms with Crippen molar-refractivity contribution in [1.29, 1.82) is 0 Å². The highest BCUT2D eigenvalue weighted by Gasteiger charge is 2.39. The molecule has 2 aliphatic rings. The minimum atomic E-state index is -3.22. The summed E-state index contributed by atoms with van der Waals surface area (Å²) >= 11 is 0. The van der Waals surface area contributed by atoms with E-state index in [2.05, 4.69) is 0 Å². The minimum absolute atomic E-state index is 0.176. The normalized spacial score (nSPS) is 18.2. The molecule has 0 bridgehead atoms. The number of hydrogen-bond acceptors (Lipinski definition) is 4. The molecule has 4 aromatic rings. The highest BCUT2D eigenvalue weighted by molar-refractivity contribution is 7.71. The predicted molar refractivity (Wildman–Crippen MR) is 180 cm³/mol. The van der Waals surface area contributed by atoms with E-state index in [1.165, 1.54) is 0 Å². The molecule has 6 rings (SSSR count). The number of rotatable bonds is 4. The van der Waals surface area contributed by atoms with E-state index in [-0.39, 0.29) is 12.1 Å². The van der Waals surface area contributed by atoms with Crippen molar-refractivity contribution in [2.45, 2.75) is 55.4 Å². The van der Waals surface area contributed by atoms with Gasteiger partial charge in [0.25, 0.3) is 14.7 Å². The van der Waals surface area contributed by atoms with Crippen LogP contribution < -0.4 is 19.7 Å². The van der Waals surface area contributed by atoms with Crippen LogP contribution in [0.5, 0.6) is 11.5 Å². The van der Waals surface area contributed by atoms with Gasteiger partial charge >= 0.3 is 0 Å². The summed E-state index contributed by atoms with van der Waals surface area (Å²) in [6.45, 7) is 16.0. The van der Waals surface area contributed by atoms with Crippen molar-refractivity contribution in [3.05, 3.63) is 97.1 Å². The van der Waals surface area contributed by atoms with Gasteiger partial charge in [0, 0.05) is 23.2 Å². The Labute approximate surface area is 248 Å². The molecule has 4 nitrogen and oxygen atoms in total. The fraction of sp³-hybridized carbons (Fsp3) is 0.294. The first-order valence-corrected chi connectivity index (χ1v) is 18.5. The molecule has 0 aromatic heterocycles. The molecule has 2 atom stereocenters. The Morgan fingerprint density at radius 1 is 0.463 bits per heavy atom. The van der Waals surface area contributed by atoms with E-state index in [1.54, 1.807) is 0 Å². The van der Waals surface area contributed by atoms with Gasteiger partial charge in [-0.25, -0.2) is 0 Å². The summed E-state index contributed by atoms with van der Waals surface area (Å²) < 4.78 is 40.2. The molecule has 0 saturated heterocycles. The Bertz CT molecular complexity index is 1370. The van der Waals surface area contributed by atoms with Crippen LogP contribution >= 0.6 is 14.7 Å². The van der Waals surface area contributed by atoms with E-state index in [4.69, 9.17) is 9.05 Å². The summed E-state index contributed by atoms with van der Waals surface area (Å²) in [6, 6.07) is 31.0. The second-order valence-corrected chi connectivity index (χ2v) is 13.0. The van der Waals surface area contributed by atoms with E-state index in [0.29, 0.717) is 22.1 Å². The first-order valence-electron chi connectivity index (χ1n) is 14.8. The monoisotopic (exact) mass is 589 g/mol. The van der Waals surface area contributed by atoms with Crippen LogP contribution in [0.3, 0.4) is 0 Å². The zero-order chi connectivity index (χ0) is 30.5. The maximum atomic E-state index is 14.0. The van der Waals surface area contributed by atoms with Crippen molar-refractivity contribution in [2.24, 2.45) is 0 Å². The maximum Gasteiger partial charge on any atom is 0.270 e. The average molecular weight is 589 g/mol. The standard InChI is InChI=1S/C26H20BO4P2.4C2H6/c28-32(25-15-7-3-11-21(25)19-9-1-5-13-23(19)30-32)17-27-18-33(29)26-16-8-4-12-22(26)20-10-2-6-14-24(20)31-33;4*1-2/h1-16H,17-18H2;4*1-2H3. The molecule has 217 valence electrons. The van der Waals surface area contributed by atoms with Crippen LogP contribution in [0.2, 0.25) is 0 Å². The van der Waals surface area contributed by atoms with E-state index < -0.39 is 14.7 Å². The van der Waals surface area contributed by atoms with Gasteiger partial charge in [0.1, 0.15) is 18.8 Å². The van der Waals surface area contributed by atoms with Gasteiger partial charge in [-0.15, -0.1) is 0 Å². The van der Waals surface area contributed by atoms with E-state index in [1.807, 2.05) is 160 Å². The van der Waals surface area contributed by atoms with E-state index in [9.17, 15) is 9.13 Å². The fourth-order valence-corrected chi connectivity index (χ4v) is 9.20. The summed E-state index contributed by atoms with van der Waals surface area (Å²) in [6.07, 6.45) is 0. The molecular weight excluding hydrogens is 545 g/mol. The van der Waals surface area contributed by atoms with Crippen molar-refractivity contribution >= 4 is 32.6 Å². The third-order valence-corrected chi connectivity index (χ3v) is 10.8. The first-order chi connectivity index (χ1) is 20.1. The second kappa shape index (κ2) is 16.4. The molecule has 0 spiro atoms. The molecule has 2 aliphatic heterocycles. The third kappa shape index (κ3) is 7.26. The Morgan fingerprint density at radius 2 is 0.756 bits per heavy atom. The van der Waals surface area contributed by atoms with Gasteiger partial charge in [-0.3, -0.25) is 9.13 Å². The largest absolute Gasteiger partial charge is 0.440 e. The van der Waals surface area contributed by atoms with Crippen molar-refractivity contribution < 1.29 is 18.2 Å². The molecule has 1 radical (unpaired) electrons. The van der Waals surface area contributed by atoms with Crippen molar-refractivity contribution in [1.82, 2.24) is 0 Å². The van der Waals surface area contributed by atoms with Crippen LogP contribution in [0.15, 0.2) is 97.1 Å². The molecule has 2 unspecified atom stereocenters. The Balaban J connectivity index is 0.000000679. The van der Waals surface area contributed by atoms with Crippen molar-refractivity contribution in [3.63, 3.8) is 0 Å². The number of fused-ring (bicyclic) bond motifs is 6. The lowest BCUT2D eigenvalue weighted by molar-refractivity contribution is 0.495. The summed E-state index contributed by atoms with van der Waals surface area (Å²) in [7, 11) is -4.62. The summed E-state index contributed by atoms with van der Waals surface area (Å²) in [5.41, 5.74) is 3.73. The van der Waals surface area contributed by atoms with Gasteiger partial charge < -0.3 is 9.05 Å². The van der Waals surface area contributed by atoms with Crippen LogP contribution in [-0.2, 0) is 9.13 Å². The molecule has 0 amide bonds. The SMILES string of the molecule is CC.CC.CC.CC.O=P1(C[B]CP2(=O)Oc3ccccc3-c3ccccc32)Oc2ccccc2-c2ccccc21. The second-order valence-electron chi connectivity index (χ2n) is 8.21. The van der Waals surface area contributed by atoms with Gasteiger partial charge in [0.15, 0.2) is 0 Å². The van der Waals surface area contributed by atoms with Gasteiger partial charge in [0.2, 0.25) is 0 Å². The van der Waals surface area contributed by atoms with Crippen LogP contribution in [0.1, 0.15) is 55.4 Å². The molecule has 4 aromatic carbocycles. The Hall–Kier alpha value is -3.00. The lowest BCUT2D eigenvalue weighted by Gasteiger charge is -2.30. The quantitative estimate of drug-likeness (QED) is 0.176. The molecule has 2 heterocycles. The molecule has 41 heavy (non-hydrogen) atoms. The molecular formula is C34H44BO4P2. The molecule has 0 fully saturated rings. The summed E-state index contributed by atoms with van der Waals surface area (Å²) in [5, 5.41) is 1.40. The third-order valence-electron chi connectivity index (χ3n) is 6.13. The highest BCUT2D eigenvalue weighted by Crippen LogP contribution is 2.57. The Morgan fingerprint density at radius 3 is 1.12 bits per heavy atom. The van der Waals surface area contributed by atoms with Gasteiger partial charge in [-0.05, 0) is 35.4 Å². The van der Waals surface area contributed by atoms with Gasteiger partial charge in [-0.2, -0.15) is 0 Å². The fourth-order valence-electron chi connectivity index (χ4n) is 4.62. The molecule has 0 N–H and O–H groups in total. The van der Waals surface area contributed by atoms with E-state index >= 15 is 0 Å². The zero-order valence-corrected chi connectivity index (χ0v) is 27.5. The minimum Gasteiger partial charge on any atom is -0.440 e. The van der Waals surface area contributed by atoms with Crippen molar-refractivity contribution in [2.75, 3.05) is 12.1 Å². The number of hydrogen-bond donors (Lipinski definition) is 0. The number of para-hydroxylation sites is 2. The highest BCUT2D eigenvalue weighted by atomic mass is 31.2. The van der Waals surface area contributed by atoms with Gasteiger partial charge in [0.05, 0.1) is 10.6 Å². The first kappa shape index (κ1) is 34.2.